The summed E-state index contributed by atoms with van der Waals surface area (Å²) in [7, 11) is 0. The van der Waals surface area contributed by atoms with E-state index in [0.29, 0.717) is 5.28 Å². The zero-order valence-electron chi connectivity index (χ0n) is 4.51. The van der Waals surface area contributed by atoms with Crippen LogP contribution < -0.4 is 0 Å². The molecule has 1 rings (SSSR count). The molecule has 48 valence electrons. The van der Waals surface area contributed by atoms with E-state index < -0.39 is 0 Å². The number of halogens is 2. The maximum absolute atomic E-state index is 5.50. The fraction of sp³-hybridized carbons (Fsp3) is 0.200. The Bertz CT molecular complexity index is 204. The number of hydrogen-bond acceptors (Lipinski definition) is 2. The van der Waals surface area contributed by atoms with Gasteiger partial charge in [0.2, 0.25) is 5.28 Å². The summed E-state index contributed by atoms with van der Waals surface area (Å²) < 4.78 is 0.875. The summed E-state index contributed by atoms with van der Waals surface area (Å²) in [6.45, 7) is 0. The van der Waals surface area contributed by atoms with Gasteiger partial charge in [-0.05, 0) is 17.7 Å². The van der Waals surface area contributed by atoms with Crippen molar-refractivity contribution in [2.75, 3.05) is 0 Å². The Balaban J connectivity index is 2.94. The van der Waals surface area contributed by atoms with E-state index in [1.54, 1.807) is 6.20 Å². The Hall–Kier alpha value is 0.1000. The SMILES string of the molecule is Clc1nccc(CI)n1. The Morgan fingerprint density at radius 2 is 2.44 bits per heavy atom. The van der Waals surface area contributed by atoms with Crippen LogP contribution in [0.1, 0.15) is 5.69 Å². The Morgan fingerprint density at radius 1 is 1.67 bits per heavy atom. The van der Waals surface area contributed by atoms with Crippen LogP contribution in [0.15, 0.2) is 12.3 Å². The molecule has 0 aromatic carbocycles. The third kappa shape index (κ3) is 2.06. The molecular weight excluding hydrogens is 250 g/mol. The smallest absolute Gasteiger partial charge is 0.222 e. The second kappa shape index (κ2) is 3.31. The first-order valence-corrected chi connectivity index (χ1v) is 4.26. The van der Waals surface area contributed by atoms with Crippen molar-refractivity contribution < 1.29 is 0 Å². The van der Waals surface area contributed by atoms with Crippen LogP contribution in [0.4, 0.5) is 0 Å². The summed E-state index contributed by atoms with van der Waals surface area (Å²) in [5.74, 6) is 0. The van der Waals surface area contributed by atoms with Gasteiger partial charge in [0.25, 0.3) is 0 Å². The van der Waals surface area contributed by atoms with Crippen LogP contribution in [0.2, 0.25) is 5.28 Å². The molecule has 9 heavy (non-hydrogen) atoms. The van der Waals surface area contributed by atoms with E-state index >= 15 is 0 Å². The fourth-order valence-corrected chi connectivity index (χ4v) is 1.03. The normalized spacial score (nSPS) is 9.56. The molecule has 0 amide bonds. The number of nitrogens with zero attached hydrogens (tertiary/aromatic N) is 2. The van der Waals surface area contributed by atoms with Crippen LogP contribution in [0, 0.1) is 0 Å². The van der Waals surface area contributed by atoms with Crippen molar-refractivity contribution in [1.82, 2.24) is 9.97 Å². The van der Waals surface area contributed by atoms with E-state index in [9.17, 15) is 0 Å². The van der Waals surface area contributed by atoms with Gasteiger partial charge in [-0.15, -0.1) is 0 Å². The molecule has 0 radical (unpaired) electrons. The quantitative estimate of drug-likeness (QED) is 0.435. The molecule has 0 aliphatic rings. The highest BCUT2D eigenvalue weighted by atomic mass is 127. The highest BCUT2D eigenvalue weighted by Crippen LogP contribution is 2.04. The fourth-order valence-electron chi connectivity index (χ4n) is 0.444. The summed E-state index contributed by atoms with van der Waals surface area (Å²) in [4.78, 5) is 7.68. The van der Waals surface area contributed by atoms with Crippen LogP contribution in [-0.2, 0) is 4.43 Å². The van der Waals surface area contributed by atoms with Crippen molar-refractivity contribution >= 4 is 34.2 Å². The second-order valence-corrected chi connectivity index (χ2v) is 2.55. The minimum atomic E-state index is 0.323. The number of aromatic nitrogens is 2. The van der Waals surface area contributed by atoms with Crippen molar-refractivity contribution in [3.05, 3.63) is 23.2 Å². The van der Waals surface area contributed by atoms with E-state index in [1.165, 1.54) is 0 Å². The first-order chi connectivity index (χ1) is 4.33. The number of rotatable bonds is 1. The van der Waals surface area contributed by atoms with Gasteiger partial charge in [0, 0.05) is 10.6 Å². The van der Waals surface area contributed by atoms with E-state index in [-0.39, 0.29) is 0 Å². The van der Waals surface area contributed by atoms with Crippen molar-refractivity contribution in [2.45, 2.75) is 4.43 Å². The van der Waals surface area contributed by atoms with Gasteiger partial charge >= 0.3 is 0 Å². The zero-order valence-corrected chi connectivity index (χ0v) is 7.43. The topological polar surface area (TPSA) is 25.8 Å². The molecule has 0 saturated carbocycles. The zero-order chi connectivity index (χ0) is 6.69. The second-order valence-electron chi connectivity index (χ2n) is 1.45. The molecule has 0 aliphatic carbocycles. The Morgan fingerprint density at radius 3 is 2.89 bits per heavy atom. The molecule has 4 heteroatoms. The minimum Gasteiger partial charge on any atom is -0.227 e. The Labute approximate surface area is 71.8 Å². The van der Waals surface area contributed by atoms with Gasteiger partial charge in [0.1, 0.15) is 0 Å². The molecule has 0 atom stereocenters. The van der Waals surface area contributed by atoms with E-state index in [1.807, 2.05) is 6.07 Å². The number of hydrogen-bond donors (Lipinski definition) is 0. The molecule has 1 aromatic rings. The van der Waals surface area contributed by atoms with Gasteiger partial charge in [-0.25, -0.2) is 9.97 Å². The van der Waals surface area contributed by atoms with Crippen LogP contribution in [0.25, 0.3) is 0 Å². The van der Waals surface area contributed by atoms with E-state index in [4.69, 9.17) is 11.6 Å². The van der Waals surface area contributed by atoms with Gasteiger partial charge in [-0.2, -0.15) is 0 Å². The lowest BCUT2D eigenvalue weighted by molar-refractivity contribution is 1.10. The Kier molecular flexibility index (Phi) is 2.65. The predicted octanol–water partition coefficient (Wildman–Crippen LogP) is 2.06. The molecule has 0 aliphatic heterocycles. The van der Waals surface area contributed by atoms with Crippen molar-refractivity contribution in [3.8, 4) is 0 Å². The lowest BCUT2D eigenvalue weighted by atomic mass is 10.5. The molecule has 2 nitrogen and oxygen atoms in total. The lowest BCUT2D eigenvalue weighted by Crippen LogP contribution is -1.85. The summed E-state index contributed by atoms with van der Waals surface area (Å²) in [5.41, 5.74) is 0.968. The molecule has 0 fully saturated rings. The molecule has 0 spiro atoms. The lowest BCUT2D eigenvalue weighted by Gasteiger charge is -1.91. The highest BCUT2D eigenvalue weighted by Gasteiger charge is 1.91. The van der Waals surface area contributed by atoms with E-state index in [2.05, 4.69) is 32.6 Å². The largest absolute Gasteiger partial charge is 0.227 e. The van der Waals surface area contributed by atoms with Gasteiger partial charge in [0.15, 0.2) is 0 Å². The van der Waals surface area contributed by atoms with Gasteiger partial charge in [-0.3, -0.25) is 0 Å². The monoisotopic (exact) mass is 254 g/mol. The third-order valence-electron chi connectivity index (χ3n) is 0.821. The van der Waals surface area contributed by atoms with Crippen molar-refractivity contribution in [1.29, 1.82) is 0 Å². The average Bonchev–Trinajstić information content (AvgIpc) is 1.88. The first kappa shape index (κ1) is 7.21. The molecular formula is C5H4ClIN2. The molecule has 0 unspecified atom stereocenters. The van der Waals surface area contributed by atoms with Crippen LogP contribution in [-0.4, -0.2) is 9.97 Å². The third-order valence-corrected chi connectivity index (χ3v) is 1.78. The predicted molar refractivity (Wildman–Crippen MR) is 44.8 cm³/mol. The van der Waals surface area contributed by atoms with Gasteiger partial charge in [-0.1, -0.05) is 22.6 Å². The number of alkyl halides is 1. The maximum atomic E-state index is 5.50. The maximum Gasteiger partial charge on any atom is 0.222 e. The van der Waals surface area contributed by atoms with Crippen LogP contribution in [0.5, 0.6) is 0 Å². The average molecular weight is 254 g/mol. The van der Waals surface area contributed by atoms with Crippen LogP contribution >= 0.6 is 34.2 Å². The summed E-state index contributed by atoms with van der Waals surface area (Å²) in [6, 6.07) is 1.85. The summed E-state index contributed by atoms with van der Waals surface area (Å²) in [6.07, 6.45) is 1.66. The minimum absolute atomic E-state index is 0.323. The molecule has 0 bridgehead atoms. The van der Waals surface area contributed by atoms with Crippen LogP contribution in [0.3, 0.4) is 0 Å². The summed E-state index contributed by atoms with van der Waals surface area (Å²) in [5, 5.41) is 0.323. The first-order valence-electron chi connectivity index (χ1n) is 2.36. The van der Waals surface area contributed by atoms with Gasteiger partial charge < -0.3 is 0 Å². The summed E-state index contributed by atoms with van der Waals surface area (Å²) >= 11 is 7.72. The van der Waals surface area contributed by atoms with Crippen molar-refractivity contribution in [3.63, 3.8) is 0 Å². The van der Waals surface area contributed by atoms with Gasteiger partial charge in [0.05, 0.1) is 5.69 Å². The molecule has 1 heterocycles. The molecule has 0 N–H and O–H groups in total. The highest BCUT2D eigenvalue weighted by molar-refractivity contribution is 14.1. The molecule has 1 aromatic heterocycles. The van der Waals surface area contributed by atoms with Crippen molar-refractivity contribution in [2.24, 2.45) is 0 Å². The van der Waals surface area contributed by atoms with E-state index in [0.717, 1.165) is 10.1 Å². The molecule has 0 saturated heterocycles. The standard InChI is InChI=1S/C5H4ClIN2/c6-5-8-2-1-4(3-7)9-5/h1-2H,3H2.